The van der Waals surface area contributed by atoms with E-state index in [-0.39, 0.29) is 45.8 Å². The minimum Gasteiger partial charge on any atom is -0.458 e. The number of cyclic esters (lactones) is 1. The summed E-state index contributed by atoms with van der Waals surface area (Å²) in [7, 11) is 0. The molecule has 0 bridgehead atoms. The van der Waals surface area contributed by atoms with Crippen molar-refractivity contribution in [1.29, 1.82) is 0 Å². The fraction of sp³-hybridized carbons (Fsp3) is 0.404. The number of pyridine rings is 2. The van der Waals surface area contributed by atoms with Crippen molar-refractivity contribution in [2.24, 2.45) is 5.92 Å². The molecule has 3 atom stereocenters. The number of amides is 8. The molecule has 0 saturated carbocycles. The van der Waals surface area contributed by atoms with Crippen molar-refractivity contribution >= 4 is 76.3 Å². The van der Waals surface area contributed by atoms with E-state index in [1.54, 1.807) is 50.2 Å². The van der Waals surface area contributed by atoms with E-state index in [1.165, 1.54) is 6.07 Å². The van der Waals surface area contributed by atoms with Crippen molar-refractivity contribution in [1.82, 2.24) is 46.4 Å². The monoisotopic (exact) mass is 1080 g/mol. The van der Waals surface area contributed by atoms with Crippen LogP contribution in [0.1, 0.15) is 64.8 Å². The van der Waals surface area contributed by atoms with Gasteiger partial charge in [-0.05, 0) is 54.5 Å². The van der Waals surface area contributed by atoms with Crippen LogP contribution >= 0.6 is 12.2 Å². The van der Waals surface area contributed by atoms with Crippen LogP contribution < -0.4 is 31.9 Å². The predicted octanol–water partition coefficient (Wildman–Crippen LogP) is 0.0804. The van der Waals surface area contributed by atoms with Crippen LogP contribution in [0.15, 0.2) is 54.6 Å². The number of carbonyl (C=O) groups excluding carboxylic acids is 9. The lowest BCUT2D eigenvalue weighted by molar-refractivity contribution is -0.207. The highest BCUT2D eigenvalue weighted by Gasteiger charge is 2.45. The fourth-order valence-electron chi connectivity index (χ4n) is 9.98. The summed E-state index contributed by atoms with van der Waals surface area (Å²) >= 11 is 5.91. The lowest BCUT2D eigenvalue weighted by atomic mass is 9.81. The number of aryl methyl sites for hydroxylation is 1. The van der Waals surface area contributed by atoms with E-state index in [9.17, 15) is 48.3 Å². The van der Waals surface area contributed by atoms with Crippen LogP contribution in [0.25, 0.3) is 22.3 Å². The topological polar surface area (TPSA) is 304 Å². The highest BCUT2D eigenvalue weighted by Crippen LogP contribution is 2.47. The number of nitrogens with one attached hydrogen (secondary N) is 6. The Bertz CT molecular complexity index is 3200. The summed E-state index contributed by atoms with van der Waals surface area (Å²) in [6.45, 7) is 0.699. The second-order valence-corrected chi connectivity index (χ2v) is 19.4. The Morgan fingerprint density at radius 2 is 1.61 bits per heavy atom. The summed E-state index contributed by atoms with van der Waals surface area (Å²) in [5.41, 5.74) is 3.70. The lowest BCUT2D eigenvalue weighted by Gasteiger charge is -2.32. The second kappa shape index (κ2) is 22.8. The van der Waals surface area contributed by atoms with Crippen LogP contribution in [0.2, 0.25) is 0 Å². The Morgan fingerprint density at radius 1 is 0.909 bits per heavy atom. The first kappa shape index (κ1) is 54.0. The molecule has 9 rings (SSSR count). The summed E-state index contributed by atoms with van der Waals surface area (Å²) in [6.07, 6.45) is 2.25. The van der Waals surface area contributed by atoms with Gasteiger partial charge in [0, 0.05) is 46.7 Å². The highest BCUT2D eigenvalue weighted by molar-refractivity contribution is 7.71. The van der Waals surface area contributed by atoms with E-state index >= 15 is 4.39 Å². The number of halogens is 1. The molecule has 5 aliphatic rings. The minimum absolute atomic E-state index is 0.0244. The molecule has 0 radical (unpaired) electrons. The molecule has 1 saturated heterocycles. The SMILES string of the molecule is CC[C@@]1(O)C(=O)OCc2c1cc1n(c2=S)Cc2c-1nc1cc(F)c(C)c3c1c2[C@H](NC(=O)COCNC(=O)CNC(=O)[C@H](Cc1ccccc1)NC(=O)CNC(=O)CNC(=O)C1COC(CN2C(=O)C=CC2=O)OC1)CC3. The number of aromatic nitrogens is 2. The Labute approximate surface area is 443 Å². The number of hydrogen-bond acceptors (Lipinski definition) is 16. The molecule has 23 nitrogen and oxygen atoms in total. The predicted molar refractivity (Wildman–Crippen MR) is 268 cm³/mol. The van der Waals surface area contributed by atoms with Crippen LogP contribution in [0.4, 0.5) is 4.39 Å². The van der Waals surface area contributed by atoms with Gasteiger partial charge >= 0.3 is 5.97 Å². The summed E-state index contributed by atoms with van der Waals surface area (Å²) < 4.78 is 39.4. The van der Waals surface area contributed by atoms with Crippen molar-refractivity contribution in [2.75, 3.05) is 52.7 Å². The van der Waals surface area contributed by atoms with Gasteiger partial charge in [-0.25, -0.2) is 14.2 Å². The van der Waals surface area contributed by atoms with Crippen LogP contribution in [-0.2, 0) is 93.7 Å². The number of esters is 1. The molecule has 4 aromatic rings. The van der Waals surface area contributed by atoms with Gasteiger partial charge in [0.2, 0.25) is 35.4 Å². The quantitative estimate of drug-likeness (QED) is 0.0189. The maximum Gasteiger partial charge on any atom is 0.343 e. The first-order chi connectivity index (χ1) is 36.9. The van der Waals surface area contributed by atoms with E-state index < -0.39 is 122 Å². The number of imide groups is 1. The normalized spacial score (nSPS) is 20.3. The molecule has 0 spiro atoms. The third kappa shape index (κ3) is 11.3. The van der Waals surface area contributed by atoms with E-state index in [0.29, 0.717) is 62.0 Å². The number of fused-ring (bicyclic) bond motifs is 5. The minimum atomic E-state index is -1.92. The number of aliphatic hydroxyl groups is 1. The van der Waals surface area contributed by atoms with Crippen LogP contribution in [0.5, 0.6) is 0 Å². The zero-order chi connectivity index (χ0) is 54.7. The van der Waals surface area contributed by atoms with Gasteiger partial charge in [0.25, 0.3) is 11.8 Å². The number of rotatable bonds is 19. The van der Waals surface area contributed by atoms with E-state index in [2.05, 4.69) is 31.9 Å². The van der Waals surface area contributed by atoms with Crippen molar-refractivity contribution in [3.63, 3.8) is 0 Å². The van der Waals surface area contributed by atoms with Gasteiger partial charge in [-0.15, -0.1) is 0 Å². The van der Waals surface area contributed by atoms with Gasteiger partial charge in [0.05, 0.1) is 74.8 Å². The van der Waals surface area contributed by atoms with Crippen LogP contribution in [0.3, 0.4) is 0 Å². The maximum absolute atomic E-state index is 15.4. The molecule has 2 aromatic heterocycles. The van der Waals surface area contributed by atoms with Crippen LogP contribution in [0, 0.1) is 23.3 Å². The molecule has 1 aliphatic carbocycles. The smallest absolute Gasteiger partial charge is 0.343 e. The van der Waals surface area contributed by atoms with Crippen LogP contribution in [-0.4, -0.2) is 138 Å². The molecule has 8 amide bonds. The molecular weight excluding hydrogens is 1030 g/mol. The molecule has 1 fully saturated rings. The van der Waals surface area contributed by atoms with Crippen molar-refractivity contribution in [2.45, 2.75) is 76.7 Å². The first-order valence-corrected chi connectivity index (χ1v) is 25.2. The molecule has 6 heterocycles. The second-order valence-electron chi connectivity index (χ2n) is 19.0. The van der Waals surface area contributed by atoms with Crippen molar-refractivity contribution < 1.29 is 71.6 Å². The zero-order valence-corrected chi connectivity index (χ0v) is 42.6. The Morgan fingerprint density at radius 3 is 2.34 bits per heavy atom. The number of carbonyl (C=O) groups is 9. The number of hydrogen-bond donors (Lipinski definition) is 7. The zero-order valence-electron chi connectivity index (χ0n) is 41.8. The molecule has 25 heteroatoms. The molecule has 404 valence electrons. The Hall–Kier alpha value is -7.84. The summed E-state index contributed by atoms with van der Waals surface area (Å²) in [4.78, 5) is 120. The van der Waals surface area contributed by atoms with E-state index in [1.807, 2.05) is 4.57 Å². The van der Waals surface area contributed by atoms with Gasteiger partial charge in [0.15, 0.2) is 11.9 Å². The summed E-state index contributed by atoms with van der Waals surface area (Å²) in [5, 5.41) is 27.5. The third-order valence-corrected chi connectivity index (χ3v) is 14.6. The third-order valence-electron chi connectivity index (χ3n) is 14.1. The Balaban J connectivity index is 0.744. The van der Waals surface area contributed by atoms with Gasteiger partial charge in [0.1, 0.15) is 36.4 Å². The number of benzene rings is 2. The number of nitrogens with zero attached hydrogens (tertiary/aromatic N) is 3. The fourth-order valence-corrected chi connectivity index (χ4v) is 10.3. The van der Waals surface area contributed by atoms with Crippen molar-refractivity contribution in [3.8, 4) is 11.4 Å². The average molecular weight is 1080 g/mol. The first-order valence-electron chi connectivity index (χ1n) is 24.8. The molecule has 7 N–H and O–H groups in total. The Kier molecular flexibility index (Phi) is 16.0. The molecule has 2 aromatic carbocycles. The van der Waals surface area contributed by atoms with E-state index in [0.717, 1.165) is 33.7 Å². The van der Waals surface area contributed by atoms with Gasteiger partial charge in [-0.1, -0.05) is 49.5 Å². The number of ether oxygens (including phenoxy) is 4. The molecule has 77 heavy (non-hydrogen) atoms. The standard InChI is InChI=1S/C52H54FN9O14S/c1-3-52(72)32-14-37-47-30(19-61(37)50(77)31(32)23-76-51(52)71)46-34(10-9-29-26(2)33(53)15-35(60-47)45(29)46)58-41(66)24-73-25-57-39(64)17-56-49(70)36(13-27-7-5-4-6-8-27)59-40(65)18-54-38(63)16-55-48(69)28-21-74-44(75-22-28)20-62-42(67)11-12-43(62)68/h4-8,11-12,14-15,28,34,36,44,72H,3,9-10,13,16-25H2,1-2H3,(H,54,63)(H,55,69)(H,56,70)(H,57,64)(H,58,66)(H,59,65)/t28?,34-,36+,44?,52+/m1/s1. The molecular formula is C52H54FN9O14S. The van der Waals surface area contributed by atoms with Gasteiger partial charge < -0.3 is 60.5 Å². The van der Waals surface area contributed by atoms with Gasteiger partial charge in [-0.3, -0.25) is 43.3 Å². The van der Waals surface area contributed by atoms with E-state index in [4.69, 9.17) is 36.1 Å². The largest absolute Gasteiger partial charge is 0.458 e. The molecule has 0 unspecified atom stereocenters. The molecule has 4 aliphatic heterocycles. The average Bonchev–Trinajstić information content (AvgIpc) is 4.16. The highest BCUT2D eigenvalue weighted by atomic mass is 32.1. The van der Waals surface area contributed by atoms with Gasteiger partial charge in [-0.2, -0.15) is 0 Å². The maximum atomic E-state index is 15.4. The lowest BCUT2D eigenvalue weighted by Crippen LogP contribution is -2.52. The summed E-state index contributed by atoms with van der Waals surface area (Å²) in [6, 6.07) is 10.0. The summed E-state index contributed by atoms with van der Waals surface area (Å²) in [5.74, 6) is -6.94. The van der Waals surface area contributed by atoms with Crippen molar-refractivity contribution in [3.05, 3.63) is 104 Å².